The summed E-state index contributed by atoms with van der Waals surface area (Å²) >= 11 is 1.83. The van der Waals surface area contributed by atoms with E-state index >= 15 is 0 Å². The van der Waals surface area contributed by atoms with Gasteiger partial charge in [0.2, 0.25) is 0 Å². The molecule has 1 aliphatic heterocycles. The Bertz CT molecular complexity index is 1010. The molecule has 0 radical (unpaired) electrons. The smallest absolute Gasteiger partial charge is 0.322 e. The van der Waals surface area contributed by atoms with Crippen LogP contribution < -0.4 is 5.32 Å². The molecule has 0 unspecified atom stereocenters. The summed E-state index contributed by atoms with van der Waals surface area (Å²) in [6.45, 7) is -1.88. The highest BCUT2D eigenvalue weighted by Gasteiger charge is 2.34. The fraction of sp³-hybridized carbons (Fsp3) is 0.400. The second-order valence-corrected chi connectivity index (χ2v) is 8.04. The topological polar surface area (TPSA) is 48.5 Å². The van der Waals surface area contributed by atoms with E-state index in [2.05, 4.69) is 10.3 Å². The third-order valence-corrected chi connectivity index (χ3v) is 5.68. The number of carbonyl (C=O) groups excluding carboxylic acids is 1. The van der Waals surface area contributed by atoms with Gasteiger partial charge in [0, 0.05) is 52.3 Å². The number of hydrogen-bond donors (Lipinski definition) is 1. The molecular formula is C20H21F4IN4O. The number of carbonyl (C=O) groups is 1. The number of amides is 1. The van der Waals surface area contributed by atoms with Crippen LogP contribution in [0.3, 0.4) is 0 Å². The van der Waals surface area contributed by atoms with Crippen molar-refractivity contribution >= 4 is 34.2 Å². The molecule has 1 aliphatic rings. The predicted octanol–water partition coefficient (Wildman–Crippen LogP) is 4.17. The van der Waals surface area contributed by atoms with E-state index in [1.54, 1.807) is 4.90 Å². The Kier molecular flexibility index (Phi) is 6.04. The molecule has 0 bridgehead atoms. The molecule has 162 valence electrons. The third-order valence-electron chi connectivity index (χ3n) is 4.75. The first-order chi connectivity index (χ1) is 15.4. The van der Waals surface area contributed by atoms with Crippen LogP contribution in [0.5, 0.6) is 0 Å². The van der Waals surface area contributed by atoms with Crippen LogP contribution in [-0.2, 0) is 19.4 Å². The van der Waals surface area contributed by atoms with Crippen molar-refractivity contribution in [3.05, 3.63) is 56.4 Å². The van der Waals surface area contributed by atoms with Gasteiger partial charge in [0.15, 0.2) is 0 Å². The number of hydrogen-bond acceptors (Lipinski definition) is 4. The van der Waals surface area contributed by atoms with Crippen molar-refractivity contribution in [3.8, 4) is 0 Å². The Morgan fingerprint density at radius 1 is 1.27 bits per heavy atom. The van der Waals surface area contributed by atoms with Crippen LogP contribution >= 0.6 is 22.6 Å². The van der Waals surface area contributed by atoms with Gasteiger partial charge in [0.1, 0.15) is 6.67 Å². The normalized spacial score (nSPS) is 17.8. The van der Waals surface area contributed by atoms with E-state index in [0.29, 0.717) is 16.7 Å². The molecule has 10 heteroatoms. The van der Waals surface area contributed by atoms with Crippen LogP contribution in [0.2, 0.25) is 0 Å². The van der Waals surface area contributed by atoms with E-state index in [1.165, 1.54) is 29.3 Å². The van der Waals surface area contributed by atoms with Crippen molar-refractivity contribution in [2.75, 3.05) is 38.5 Å². The summed E-state index contributed by atoms with van der Waals surface area (Å²) in [5.41, 5.74) is -0.602. The number of piperazine rings is 1. The predicted molar refractivity (Wildman–Crippen MR) is 114 cm³/mol. The molecule has 2 aromatic rings. The van der Waals surface area contributed by atoms with Crippen LogP contribution in [0.1, 0.15) is 31.3 Å². The van der Waals surface area contributed by atoms with E-state index in [9.17, 15) is 22.4 Å². The van der Waals surface area contributed by atoms with Crippen LogP contribution in [0.25, 0.3) is 0 Å². The minimum atomic E-state index is -4.64. The maximum Gasteiger partial charge on any atom is 0.416 e. The number of halogens is 5. The highest BCUT2D eigenvalue weighted by Crippen LogP contribution is 2.34. The van der Waals surface area contributed by atoms with E-state index < -0.39 is 31.3 Å². The van der Waals surface area contributed by atoms with Gasteiger partial charge in [-0.2, -0.15) is 13.2 Å². The first-order valence-electron chi connectivity index (χ1n) is 10.6. The second kappa shape index (κ2) is 9.56. The summed E-state index contributed by atoms with van der Waals surface area (Å²) in [6.07, 6.45) is -3.47. The monoisotopic (exact) mass is 539 g/mol. The number of likely N-dealkylation sites (N-methyl/N-ethyl adjacent to an activating group) is 1. The number of anilines is 1. The van der Waals surface area contributed by atoms with Gasteiger partial charge in [-0.05, 0) is 53.3 Å². The SMILES string of the molecule is [2H]C([2H])([2H])N1CCN(Cc2ccc(NC(=O)c3cnc(CF)c(I)c3)cc2C(F)(F)F)CC1. The highest BCUT2D eigenvalue weighted by molar-refractivity contribution is 14.1. The van der Waals surface area contributed by atoms with E-state index in [1.807, 2.05) is 22.6 Å². The minimum absolute atomic E-state index is 0.00468. The zero-order chi connectivity index (χ0) is 24.4. The third kappa shape index (κ3) is 5.67. The molecule has 2 heterocycles. The van der Waals surface area contributed by atoms with Crippen LogP contribution in [-0.4, -0.2) is 53.8 Å². The van der Waals surface area contributed by atoms with Crippen molar-refractivity contribution < 1.29 is 26.5 Å². The molecule has 1 fully saturated rings. The van der Waals surface area contributed by atoms with E-state index in [-0.39, 0.29) is 42.1 Å². The Labute approximate surface area is 189 Å². The quantitative estimate of drug-likeness (QED) is 0.458. The van der Waals surface area contributed by atoms with Gasteiger partial charge in [-0.1, -0.05) is 6.07 Å². The summed E-state index contributed by atoms with van der Waals surface area (Å²) in [6, 6.07) is 4.98. The lowest BCUT2D eigenvalue weighted by atomic mass is 10.0. The number of pyridine rings is 1. The maximum atomic E-state index is 13.7. The molecular weight excluding hydrogens is 515 g/mol. The zero-order valence-corrected chi connectivity index (χ0v) is 17.9. The Morgan fingerprint density at radius 2 is 2.00 bits per heavy atom. The van der Waals surface area contributed by atoms with Crippen LogP contribution in [0.4, 0.5) is 23.2 Å². The fourth-order valence-electron chi connectivity index (χ4n) is 3.09. The van der Waals surface area contributed by atoms with Gasteiger partial charge >= 0.3 is 6.18 Å². The van der Waals surface area contributed by atoms with Gasteiger partial charge in [0.05, 0.1) is 16.8 Å². The van der Waals surface area contributed by atoms with E-state index in [4.69, 9.17) is 4.11 Å². The van der Waals surface area contributed by atoms with Crippen LogP contribution in [0, 0.1) is 3.57 Å². The zero-order valence-electron chi connectivity index (χ0n) is 18.8. The first-order valence-corrected chi connectivity index (χ1v) is 10.2. The number of nitrogens with zero attached hydrogens (tertiary/aromatic N) is 3. The standard InChI is InChI=1S/C20H21F4IN4O/c1-28-4-6-29(7-5-28)12-13-2-3-15(9-16(13)20(22,23)24)27-19(30)14-8-17(25)18(10-21)26-11-14/h2-3,8-9,11H,4-7,10,12H2,1H3,(H,27,30)/i1D3. The fourth-order valence-corrected chi connectivity index (χ4v) is 3.71. The van der Waals surface area contributed by atoms with Gasteiger partial charge in [-0.15, -0.1) is 0 Å². The highest BCUT2D eigenvalue weighted by atomic mass is 127. The molecule has 1 aromatic heterocycles. The average molecular weight is 539 g/mol. The molecule has 1 N–H and O–H groups in total. The summed E-state index contributed by atoms with van der Waals surface area (Å²) in [5.74, 6) is -0.660. The average Bonchev–Trinajstić information content (AvgIpc) is 2.73. The molecule has 1 amide bonds. The lowest BCUT2D eigenvalue weighted by molar-refractivity contribution is -0.138. The van der Waals surface area contributed by atoms with Crippen molar-refractivity contribution in [3.63, 3.8) is 0 Å². The van der Waals surface area contributed by atoms with Crippen molar-refractivity contribution in [1.29, 1.82) is 0 Å². The molecule has 0 atom stereocenters. The Balaban J connectivity index is 1.74. The van der Waals surface area contributed by atoms with Crippen molar-refractivity contribution in [2.45, 2.75) is 19.4 Å². The van der Waals surface area contributed by atoms with Crippen molar-refractivity contribution in [1.82, 2.24) is 14.8 Å². The van der Waals surface area contributed by atoms with Gasteiger partial charge in [-0.25, -0.2) is 4.39 Å². The first kappa shape index (κ1) is 18.9. The molecule has 1 aromatic carbocycles. The van der Waals surface area contributed by atoms with Crippen LogP contribution in [0.15, 0.2) is 30.5 Å². The number of alkyl halides is 4. The summed E-state index contributed by atoms with van der Waals surface area (Å²) in [7, 11) is 0. The number of rotatable bonds is 5. The number of nitrogens with one attached hydrogen (secondary N) is 1. The van der Waals surface area contributed by atoms with Gasteiger partial charge in [0.25, 0.3) is 5.91 Å². The van der Waals surface area contributed by atoms with E-state index in [0.717, 1.165) is 6.07 Å². The molecule has 5 nitrogen and oxygen atoms in total. The lowest BCUT2D eigenvalue weighted by Gasteiger charge is -2.33. The molecule has 0 aliphatic carbocycles. The minimum Gasteiger partial charge on any atom is -0.322 e. The second-order valence-electron chi connectivity index (χ2n) is 6.87. The molecule has 0 saturated carbocycles. The largest absolute Gasteiger partial charge is 0.416 e. The Hall–Kier alpha value is -1.79. The number of benzene rings is 1. The molecule has 3 rings (SSSR count). The lowest BCUT2D eigenvalue weighted by Crippen LogP contribution is -2.44. The number of aromatic nitrogens is 1. The Morgan fingerprint density at radius 3 is 2.60 bits per heavy atom. The van der Waals surface area contributed by atoms with Gasteiger partial charge < -0.3 is 10.2 Å². The molecule has 0 spiro atoms. The summed E-state index contributed by atoms with van der Waals surface area (Å²) in [5, 5.41) is 2.43. The molecule has 30 heavy (non-hydrogen) atoms. The summed E-state index contributed by atoms with van der Waals surface area (Å²) < 4.78 is 76.8. The van der Waals surface area contributed by atoms with Gasteiger partial charge in [-0.3, -0.25) is 14.7 Å². The molecule has 1 saturated heterocycles. The summed E-state index contributed by atoms with van der Waals surface area (Å²) in [4.78, 5) is 19.4. The maximum absolute atomic E-state index is 13.7. The van der Waals surface area contributed by atoms with Crippen molar-refractivity contribution in [2.24, 2.45) is 0 Å².